The molecule has 0 amide bonds. The lowest BCUT2D eigenvalue weighted by Gasteiger charge is -2.18. The van der Waals surface area contributed by atoms with Crippen LogP contribution in [0.25, 0.3) is 0 Å². The predicted molar refractivity (Wildman–Crippen MR) is 59.5 cm³/mol. The second-order valence-electron chi connectivity index (χ2n) is 3.90. The van der Waals surface area contributed by atoms with Crippen LogP contribution in [0, 0.1) is 0 Å². The fraction of sp³-hybridized carbons (Fsp3) is 0.273. The van der Waals surface area contributed by atoms with Crippen LogP contribution in [-0.4, -0.2) is 11.9 Å². The first-order valence-electron chi connectivity index (χ1n) is 4.64. The minimum absolute atomic E-state index is 0.0315. The van der Waals surface area contributed by atoms with Gasteiger partial charge in [0, 0.05) is 0 Å². The van der Waals surface area contributed by atoms with Crippen LogP contribution in [0.15, 0.2) is 18.2 Å². The zero-order chi connectivity index (χ0) is 11.9. The van der Waals surface area contributed by atoms with E-state index in [-0.39, 0.29) is 6.42 Å². The number of rotatable bonds is 1. The van der Waals surface area contributed by atoms with E-state index in [1.54, 1.807) is 25.1 Å². The highest BCUT2D eigenvalue weighted by molar-refractivity contribution is 6.42. The van der Waals surface area contributed by atoms with Crippen molar-refractivity contribution in [2.24, 2.45) is 0 Å². The number of ether oxygens (including phenoxy) is 1. The molecule has 0 radical (unpaired) electrons. The molecule has 0 saturated carbocycles. The summed E-state index contributed by atoms with van der Waals surface area (Å²) in [7, 11) is 0. The van der Waals surface area contributed by atoms with E-state index in [4.69, 9.17) is 23.2 Å². The molecule has 1 aromatic rings. The molecule has 0 unspecified atom stereocenters. The van der Waals surface area contributed by atoms with E-state index in [1.165, 1.54) is 0 Å². The van der Waals surface area contributed by atoms with Crippen molar-refractivity contribution in [1.29, 1.82) is 0 Å². The third-order valence-electron chi connectivity index (χ3n) is 2.71. The van der Waals surface area contributed by atoms with Gasteiger partial charge in [0.05, 0.1) is 16.5 Å². The highest BCUT2D eigenvalue weighted by atomic mass is 35.5. The van der Waals surface area contributed by atoms with E-state index >= 15 is 0 Å². The van der Waals surface area contributed by atoms with Crippen LogP contribution in [0.1, 0.15) is 18.9 Å². The summed E-state index contributed by atoms with van der Waals surface area (Å²) < 4.78 is 4.55. The molecule has 84 valence electrons. The number of carbonyl (C=O) groups is 2. The molecule has 0 N–H and O–H groups in total. The van der Waals surface area contributed by atoms with Crippen LogP contribution in [-0.2, 0) is 19.7 Å². The molecule has 1 fully saturated rings. The van der Waals surface area contributed by atoms with Gasteiger partial charge in [0.25, 0.3) is 0 Å². The van der Waals surface area contributed by atoms with E-state index in [1.807, 2.05) is 0 Å². The second-order valence-corrected chi connectivity index (χ2v) is 4.71. The highest BCUT2D eigenvalue weighted by Crippen LogP contribution is 2.37. The summed E-state index contributed by atoms with van der Waals surface area (Å²) in [5.74, 6) is -1.06. The van der Waals surface area contributed by atoms with E-state index in [0.717, 1.165) is 0 Å². The van der Waals surface area contributed by atoms with Gasteiger partial charge in [-0.15, -0.1) is 0 Å². The first-order chi connectivity index (χ1) is 7.43. The van der Waals surface area contributed by atoms with Crippen molar-refractivity contribution in [2.75, 3.05) is 0 Å². The van der Waals surface area contributed by atoms with Crippen LogP contribution in [0.5, 0.6) is 0 Å². The molecule has 0 aliphatic carbocycles. The second kappa shape index (κ2) is 3.75. The standard InChI is InChI=1S/C11H8Cl2O3/c1-11(5-9(14)16-10(11)15)6-2-3-7(12)8(13)4-6/h2-4H,5H2,1H3/t11-/m1/s1. The van der Waals surface area contributed by atoms with Gasteiger partial charge in [-0.25, -0.2) is 0 Å². The molecule has 1 saturated heterocycles. The summed E-state index contributed by atoms with van der Waals surface area (Å²) in [6.45, 7) is 1.65. The van der Waals surface area contributed by atoms with Crippen molar-refractivity contribution < 1.29 is 14.3 Å². The quantitative estimate of drug-likeness (QED) is 0.575. The lowest BCUT2D eigenvalue weighted by atomic mass is 9.81. The van der Waals surface area contributed by atoms with Gasteiger partial charge in [-0.2, -0.15) is 0 Å². The number of benzene rings is 1. The Hall–Kier alpha value is -1.06. The van der Waals surface area contributed by atoms with Crippen molar-refractivity contribution in [2.45, 2.75) is 18.8 Å². The first kappa shape index (κ1) is 11.4. The minimum Gasteiger partial charge on any atom is -0.392 e. The largest absolute Gasteiger partial charge is 0.392 e. The van der Waals surface area contributed by atoms with Crippen molar-refractivity contribution in [1.82, 2.24) is 0 Å². The molecule has 1 aliphatic heterocycles. The van der Waals surface area contributed by atoms with E-state index in [9.17, 15) is 9.59 Å². The molecular weight excluding hydrogens is 251 g/mol. The van der Waals surface area contributed by atoms with Crippen molar-refractivity contribution in [3.8, 4) is 0 Å². The van der Waals surface area contributed by atoms with Gasteiger partial charge in [-0.05, 0) is 24.6 Å². The molecule has 16 heavy (non-hydrogen) atoms. The lowest BCUT2D eigenvalue weighted by molar-refractivity contribution is -0.153. The fourth-order valence-corrected chi connectivity index (χ4v) is 1.97. The van der Waals surface area contributed by atoms with Crippen molar-refractivity contribution in [3.63, 3.8) is 0 Å². The summed E-state index contributed by atoms with van der Waals surface area (Å²) in [5.41, 5.74) is -0.316. The maximum Gasteiger partial charge on any atom is 0.324 e. The predicted octanol–water partition coefficient (Wildman–Crippen LogP) is 2.72. The molecule has 1 aromatic carbocycles. The van der Waals surface area contributed by atoms with Crippen LogP contribution in [0.3, 0.4) is 0 Å². The average molecular weight is 259 g/mol. The first-order valence-corrected chi connectivity index (χ1v) is 5.40. The Bertz CT molecular complexity index is 484. The van der Waals surface area contributed by atoms with Gasteiger partial charge in [-0.3, -0.25) is 9.59 Å². The Balaban J connectivity index is 2.47. The Labute approximate surface area is 102 Å². The smallest absolute Gasteiger partial charge is 0.324 e. The molecule has 1 atom stereocenters. The Morgan fingerprint density at radius 3 is 2.44 bits per heavy atom. The van der Waals surface area contributed by atoms with Gasteiger partial charge in [0.15, 0.2) is 0 Å². The normalized spacial score (nSPS) is 24.7. The third kappa shape index (κ3) is 1.70. The highest BCUT2D eigenvalue weighted by Gasteiger charge is 2.46. The van der Waals surface area contributed by atoms with Gasteiger partial charge < -0.3 is 4.74 Å². The van der Waals surface area contributed by atoms with Gasteiger partial charge in [0.2, 0.25) is 0 Å². The lowest BCUT2D eigenvalue weighted by Crippen LogP contribution is -2.27. The summed E-state index contributed by atoms with van der Waals surface area (Å²) in [4.78, 5) is 22.7. The molecule has 0 spiro atoms. The molecule has 1 heterocycles. The molecular formula is C11H8Cl2O3. The molecule has 5 heteroatoms. The molecule has 1 aliphatic rings. The van der Waals surface area contributed by atoms with Crippen molar-refractivity contribution in [3.05, 3.63) is 33.8 Å². The fourth-order valence-electron chi connectivity index (χ4n) is 1.67. The van der Waals surface area contributed by atoms with Crippen LogP contribution >= 0.6 is 23.2 Å². The van der Waals surface area contributed by atoms with E-state index in [0.29, 0.717) is 15.6 Å². The van der Waals surface area contributed by atoms with Crippen LogP contribution in [0.2, 0.25) is 10.0 Å². The van der Waals surface area contributed by atoms with E-state index < -0.39 is 17.4 Å². The third-order valence-corrected chi connectivity index (χ3v) is 3.45. The Kier molecular flexibility index (Phi) is 2.68. The molecule has 3 nitrogen and oxygen atoms in total. The van der Waals surface area contributed by atoms with Gasteiger partial charge in [0.1, 0.15) is 5.41 Å². The van der Waals surface area contributed by atoms with Crippen LogP contribution < -0.4 is 0 Å². The van der Waals surface area contributed by atoms with E-state index in [2.05, 4.69) is 4.74 Å². The average Bonchev–Trinajstić information content (AvgIpc) is 2.46. The maximum absolute atomic E-state index is 11.6. The zero-order valence-electron chi connectivity index (χ0n) is 8.42. The molecule has 0 aromatic heterocycles. The number of cyclic esters (lactones) is 2. The number of hydrogen-bond acceptors (Lipinski definition) is 3. The van der Waals surface area contributed by atoms with Gasteiger partial charge >= 0.3 is 11.9 Å². The number of carbonyl (C=O) groups excluding carboxylic acids is 2. The molecule has 2 rings (SSSR count). The minimum atomic E-state index is -0.953. The number of halogens is 2. The Morgan fingerprint density at radius 1 is 1.25 bits per heavy atom. The summed E-state index contributed by atoms with van der Waals surface area (Å²) in [6.07, 6.45) is 0.0315. The number of hydrogen-bond donors (Lipinski definition) is 0. The SMILES string of the molecule is C[C@]1(c2ccc(Cl)c(Cl)c2)CC(=O)OC1=O. The monoisotopic (exact) mass is 258 g/mol. The van der Waals surface area contributed by atoms with Crippen molar-refractivity contribution >= 4 is 35.1 Å². The van der Waals surface area contributed by atoms with Gasteiger partial charge in [-0.1, -0.05) is 29.3 Å². The summed E-state index contributed by atoms with van der Waals surface area (Å²) in [6, 6.07) is 4.86. The number of esters is 2. The Morgan fingerprint density at radius 2 is 1.94 bits per heavy atom. The molecule has 0 bridgehead atoms. The maximum atomic E-state index is 11.6. The zero-order valence-corrected chi connectivity index (χ0v) is 9.93. The summed E-state index contributed by atoms with van der Waals surface area (Å²) >= 11 is 11.7. The topological polar surface area (TPSA) is 43.4 Å². The van der Waals surface area contributed by atoms with Crippen LogP contribution in [0.4, 0.5) is 0 Å². The summed E-state index contributed by atoms with van der Waals surface area (Å²) in [5, 5.41) is 0.763.